The second kappa shape index (κ2) is 8.43. The highest BCUT2D eigenvalue weighted by Crippen LogP contribution is 2.19. The van der Waals surface area contributed by atoms with E-state index in [1.807, 2.05) is 60.4 Å². The first-order valence-electron chi connectivity index (χ1n) is 10.1. The van der Waals surface area contributed by atoms with Crippen LogP contribution in [0.4, 0.5) is 5.82 Å². The molecule has 0 radical (unpaired) electrons. The molecule has 1 aromatic heterocycles. The van der Waals surface area contributed by atoms with Crippen LogP contribution in [-0.2, 0) is 4.79 Å². The van der Waals surface area contributed by atoms with Gasteiger partial charge >= 0.3 is 0 Å². The Morgan fingerprint density at radius 2 is 1.59 bits per heavy atom. The van der Waals surface area contributed by atoms with Crippen molar-refractivity contribution in [2.24, 2.45) is 0 Å². The third-order valence-electron chi connectivity index (χ3n) is 5.48. The number of aromatic nitrogens is 1. The van der Waals surface area contributed by atoms with Crippen LogP contribution in [0.3, 0.4) is 0 Å². The van der Waals surface area contributed by atoms with Crippen LogP contribution < -0.4 is 4.90 Å². The molecule has 1 aliphatic rings. The number of benzene rings is 2. The molecule has 2 aromatic carbocycles. The fourth-order valence-electron chi connectivity index (χ4n) is 3.68. The van der Waals surface area contributed by atoms with Crippen molar-refractivity contribution in [2.75, 3.05) is 31.1 Å². The molecule has 148 valence electrons. The van der Waals surface area contributed by atoms with Crippen LogP contribution in [-0.4, -0.2) is 47.8 Å². The summed E-state index contributed by atoms with van der Waals surface area (Å²) in [4.78, 5) is 33.7. The number of hydrogen-bond donors (Lipinski definition) is 0. The van der Waals surface area contributed by atoms with Crippen LogP contribution in [0.2, 0.25) is 0 Å². The second-order valence-corrected chi connectivity index (χ2v) is 7.52. The lowest BCUT2D eigenvalue weighted by Crippen LogP contribution is -2.49. The minimum atomic E-state index is 0.0253. The van der Waals surface area contributed by atoms with Crippen molar-refractivity contribution < 1.29 is 9.59 Å². The first-order chi connectivity index (χ1) is 14.1. The Labute approximate surface area is 171 Å². The fraction of sp³-hybridized carbons (Fsp3) is 0.292. The molecule has 5 heteroatoms. The molecular formula is C24H25N3O2. The fourth-order valence-corrected chi connectivity index (χ4v) is 3.68. The number of rotatable bonds is 5. The van der Waals surface area contributed by atoms with Crippen LogP contribution >= 0.6 is 0 Å². The smallest absolute Gasteiger partial charge is 0.223 e. The maximum Gasteiger partial charge on any atom is 0.223 e. The van der Waals surface area contributed by atoms with E-state index in [1.54, 1.807) is 0 Å². The van der Waals surface area contributed by atoms with Crippen molar-refractivity contribution in [3.8, 4) is 0 Å². The number of hydrogen-bond acceptors (Lipinski definition) is 4. The Morgan fingerprint density at radius 3 is 2.34 bits per heavy atom. The van der Waals surface area contributed by atoms with Crippen molar-refractivity contribution in [1.29, 1.82) is 0 Å². The van der Waals surface area contributed by atoms with Gasteiger partial charge in [-0.05, 0) is 25.1 Å². The van der Waals surface area contributed by atoms with E-state index in [1.165, 1.54) is 0 Å². The monoisotopic (exact) mass is 387 g/mol. The lowest BCUT2D eigenvalue weighted by atomic mass is 10.0. The Kier molecular flexibility index (Phi) is 5.56. The molecule has 1 amide bonds. The number of carbonyl (C=O) groups is 2. The van der Waals surface area contributed by atoms with Gasteiger partial charge in [-0.25, -0.2) is 4.98 Å². The standard InChI is InChI=1S/C24H25N3O2/c1-18-6-8-20(9-7-18)22(28)11-13-24(29)27-16-14-26(15-17-27)23-12-10-19-4-2-3-5-21(19)25-23/h2-10,12H,11,13-17H2,1H3. The van der Waals surface area contributed by atoms with Crippen molar-refractivity contribution >= 4 is 28.4 Å². The van der Waals surface area contributed by atoms with E-state index in [9.17, 15) is 9.59 Å². The molecule has 0 bridgehead atoms. The van der Waals surface area contributed by atoms with Gasteiger partial charge in [0.2, 0.25) is 5.91 Å². The summed E-state index contributed by atoms with van der Waals surface area (Å²) in [6.45, 7) is 4.81. The number of nitrogens with zero attached hydrogens (tertiary/aromatic N) is 3. The number of pyridine rings is 1. The number of anilines is 1. The summed E-state index contributed by atoms with van der Waals surface area (Å²) in [7, 11) is 0. The predicted molar refractivity (Wildman–Crippen MR) is 115 cm³/mol. The summed E-state index contributed by atoms with van der Waals surface area (Å²) in [5, 5.41) is 1.13. The van der Waals surface area contributed by atoms with E-state index in [0.717, 1.165) is 35.4 Å². The Hall–Kier alpha value is -3.21. The van der Waals surface area contributed by atoms with Gasteiger partial charge in [-0.1, -0.05) is 48.0 Å². The van der Waals surface area contributed by atoms with Gasteiger partial charge in [0, 0.05) is 50.0 Å². The Morgan fingerprint density at radius 1 is 0.862 bits per heavy atom. The van der Waals surface area contributed by atoms with Gasteiger partial charge in [0.1, 0.15) is 5.82 Å². The summed E-state index contributed by atoms with van der Waals surface area (Å²) in [6, 6.07) is 19.7. The molecule has 1 aliphatic heterocycles. The van der Waals surface area contributed by atoms with E-state index in [2.05, 4.69) is 17.0 Å². The maximum absolute atomic E-state index is 12.5. The molecule has 2 heterocycles. The van der Waals surface area contributed by atoms with Crippen LogP contribution in [0.25, 0.3) is 10.9 Å². The first kappa shape index (κ1) is 19.1. The predicted octanol–water partition coefficient (Wildman–Crippen LogP) is 3.85. The van der Waals surface area contributed by atoms with Gasteiger partial charge in [-0.2, -0.15) is 0 Å². The third-order valence-corrected chi connectivity index (χ3v) is 5.48. The van der Waals surface area contributed by atoms with Gasteiger partial charge < -0.3 is 9.80 Å². The molecule has 0 atom stereocenters. The average molecular weight is 387 g/mol. The number of carbonyl (C=O) groups excluding carboxylic acids is 2. The molecular weight excluding hydrogens is 362 g/mol. The number of fused-ring (bicyclic) bond motifs is 1. The lowest BCUT2D eigenvalue weighted by molar-refractivity contribution is -0.131. The lowest BCUT2D eigenvalue weighted by Gasteiger charge is -2.35. The van der Waals surface area contributed by atoms with Crippen molar-refractivity contribution in [2.45, 2.75) is 19.8 Å². The minimum Gasteiger partial charge on any atom is -0.353 e. The molecule has 4 rings (SSSR count). The quantitative estimate of drug-likeness (QED) is 0.624. The van der Waals surface area contributed by atoms with Crippen LogP contribution in [0.1, 0.15) is 28.8 Å². The van der Waals surface area contributed by atoms with E-state index in [4.69, 9.17) is 4.98 Å². The molecule has 5 nitrogen and oxygen atoms in total. The van der Waals surface area contributed by atoms with Crippen molar-refractivity contribution in [1.82, 2.24) is 9.88 Å². The molecule has 0 aliphatic carbocycles. The van der Waals surface area contributed by atoms with Gasteiger partial charge in [-0.15, -0.1) is 0 Å². The third kappa shape index (κ3) is 4.45. The van der Waals surface area contributed by atoms with E-state index in [-0.39, 0.29) is 24.5 Å². The maximum atomic E-state index is 12.5. The zero-order chi connectivity index (χ0) is 20.2. The van der Waals surface area contributed by atoms with Gasteiger partial charge in [0.05, 0.1) is 5.52 Å². The molecule has 3 aromatic rings. The Balaban J connectivity index is 1.30. The SMILES string of the molecule is Cc1ccc(C(=O)CCC(=O)N2CCN(c3ccc4ccccc4n3)CC2)cc1. The molecule has 1 fully saturated rings. The number of amides is 1. The largest absolute Gasteiger partial charge is 0.353 e. The zero-order valence-corrected chi connectivity index (χ0v) is 16.7. The molecule has 0 saturated carbocycles. The Bertz CT molecular complexity index is 1020. The van der Waals surface area contributed by atoms with Crippen LogP contribution in [0.15, 0.2) is 60.7 Å². The highest BCUT2D eigenvalue weighted by Gasteiger charge is 2.22. The summed E-state index contributed by atoms with van der Waals surface area (Å²) in [5.41, 5.74) is 2.78. The molecule has 0 spiro atoms. The summed E-state index contributed by atoms with van der Waals surface area (Å²) in [5.74, 6) is 1.03. The molecule has 0 N–H and O–H groups in total. The topological polar surface area (TPSA) is 53.5 Å². The van der Waals surface area contributed by atoms with Crippen LogP contribution in [0.5, 0.6) is 0 Å². The number of aryl methyl sites for hydroxylation is 1. The van der Waals surface area contributed by atoms with E-state index in [0.29, 0.717) is 18.7 Å². The second-order valence-electron chi connectivity index (χ2n) is 7.52. The summed E-state index contributed by atoms with van der Waals surface area (Å²) < 4.78 is 0. The first-order valence-corrected chi connectivity index (χ1v) is 10.1. The highest BCUT2D eigenvalue weighted by atomic mass is 16.2. The van der Waals surface area contributed by atoms with Crippen molar-refractivity contribution in [3.05, 3.63) is 71.8 Å². The van der Waals surface area contributed by atoms with E-state index >= 15 is 0 Å². The molecule has 29 heavy (non-hydrogen) atoms. The summed E-state index contributed by atoms with van der Waals surface area (Å²) in [6.07, 6.45) is 0.523. The van der Waals surface area contributed by atoms with Crippen molar-refractivity contribution in [3.63, 3.8) is 0 Å². The van der Waals surface area contributed by atoms with Gasteiger partial charge in [-0.3, -0.25) is 9.59 Å². The number of para-hydroxylation sites is 1. The minimum absolute atomic E-state index is 0.0253. The normalized spacial score (nSPS) is 14.2. The van der Waals surface area contributed by atoms with Crippen LogP contribution in [0, 0.1) is 6.92 Å². The molecule has 1 saturated heterocycles. The number of piperazine rings is 1. The zero-order valence-electron chi connectivity index (χ0n) is 16.7. The van der Waals surface area contributed by atoms with E-state index < -0.39 is 0 Å². The van der Waals surface area contributed by atoms with Gasteiger partial charge in [0.15, 0.2) is 5.78 Å². The number of ketones is 1. The summed E-state index contributed by atoms with van der Waals surface area (Å²) >= 11 is 0. The highest BCUT2D eigenvalue weighted by molar-refractivity contribution is 5.98. The van der Waals surface area contributed by atoms with Gasteiger partial charge in [0.25, 0.3) is 0 Å². The molecule has 0 unspecified atom stereocenters. The average Bonchev–Trinajstić information content (AvgIpc) is 2.77. The number of Topliss-reactive ketones (excluding diaryl/α,β-unsaturated/α-hetero) is 1.